The Kier molecular flexibility index (Phi) is 1.95. The Morgan fingerprint density at radius 1 is 1.47 bits per heavy atom. The van der Waals surface area contributed by atoms with Gasteiger partial charge in [0, 0.05) is 11.8 Å². The van der Waals surface area contributed by atoms with Crippen LogP contribution in [0.25, 0.3) is 0 Å². The number of carbonyl (C=O) groups is 1. The maximum atomic E-state index is 10.8. The minimum Gasteiger partial charge on any atom is -0.466 e. The summed E-state index contributed by atoms with van der Waals surface area (Å²) in [5.74, 6) is 3.30. The maximum Gasteiger partial charge on any atom is 0.302 e. The van der Waals surface area contributed by atoms with E-state index in [1.807, 2.05) is 0 Å². The second-order valence-corrected chi connectivity index (χ2v) is 7.26. The summed E-state index contributed by atoms with van der Waals surface area (Å²) in [6.45, 7) is 2.02. The van der Waals surface area contributed by atoms with Crippen LogP contribution in [0.4, 0.5) is 0 Å². The van der Waals surface area contributed by atoms with Crippen LogP contribution in [0.5, 0.6) is 0 Å². The molecule has 0 aromatic rings. The van der Waals surface area contributed by atoms with Gasteiger partial charge >= 0.3 is 5.97 Å². The summed E-state index contributed by atoms with van der Waals surface area (Å²) < 4.78 is 5.11. The number of rotatable bonds is 3. The number of hydrogen-bond acceptors (Lipinski definition) is 3. The molecule has 0 saturated heterocycles. The summed E-state index contributed by atoms with van der Waals surface area (Å²) in [5, 5.41) is 10.1. The maximum absolute atomic E-state index is 10.8. The Morgan fingerprint density at radius 3 is 2.82 bits per heavy atom. The molecular weight excluding hydrogens is 284 g/mol. The molecule has 5 rings (SSSR count). The van der Waals surface area contributed by atoms with Crippen LogP contribution in [-0.2, 0) is 9.53 Å². The Morgan fingerprint density at radius 2 is 2.24 bits per heavy atom. The van der Waals surface area contributed by atoms with Gasteiger partial charge in [-0.05, 0) is 47.8 Å². The van der Waals surface area contributed by atoms with E-state index in [1.165, 1.54) is 6.92 Å². The van der Waals surface area contributed by atoms with Crippen molar-refractivity contribution >= 4 is 21.9 Å². The fraction of sp³-hybridized carbons (Fsp3) is 0.923. The first kappa shape index (κ1) is 10.8. The third-order valence-electron chi connectivity index (χ3n) is 5.98. The first-order chi connectivity index (χ1) is 8.09. The third kappa shape index (κ3) is 1.02. The van der Waals surface area contributed by atoms with Crippen molar-refractivity contribution in [2.24, 2.45) is 35.0 Å². The smallest absolute Gasteiger partial charge is 0.302 e. The van der Waals surface area contributed by atoms with E-state index >= 15 is 0 Å². The van der Waals surface area contributed by atoms with Crippen molar-refractivity contribution < 1.29 is 14.6 Å². The molecule has 5 fully saturated rings. The van der Waals surface area contributed by atoms with Gasteiger partial charge in [0.25, 0.3) is 0 Å². The highest BCUT2D eigenvalue weighted by molar-refractivity contribution is 9.09. The molecule has 5 aliphatic carbocycles. The van der Waals surface area contributed by atoms with Crippen LogP contribution in [0.1, 0.15) is 19.8 Å². The minimum atomic E-state index is -0.182. The van der Waals surface area contributed by atoms with Gasteiger partial charge in [-0.3, -0.25) is 4.79 Å². The van der Waals surface area contributed by atoms with Crippen molar-refractivity contribution in [2.75, 3.05) is 6.61 Å². The van der Waals surface area contributed by atoms with Gasteiger partial charge < -0.3 is 9.84 Å². The lowest BCUT2D eigenvalue weighted by molar-refractivity contribution is -0.141. The first-order valence-electron chi connectivity index (χ1n) is 6.54. The predicted octanol–water partition coefficient (Wildman–Crippen LogP) is 1.58. The van der Waals surface area contributed by atoms with E-state index in [2.05, 4.69) is 15.9 Å². The number of aliphatic hydroxyl groups excluding tert-OH is 1. The lowest BCUT2D eigenvalue weighted by Crippen LogP contribution is -2.20. The molecule has 17 heavy (non-hydrogen) atoms. The number of aliphatic hydroxyl groups is 1. The molecular formula is C13H17BrO3. The Bertz CT molecular complexity index is 394. The van der Waals surface area contributed by atoms with E-state index in [4.69, 9.17) is 4.74 Å². The van der Waals surface area contributed by atoms with Gasteiger partial charge in [-0.2, -0.15) is 0 Å². The number of carbonyl (C=O) groups excluding carboxylic acids is 1. The molecule has 8 atom stereocenters. The molecule has 1 N–H and O–H groups in total. The van der Waals surface area contributed by atoms with E-state index < -0.39 is 0 Å². The van der Waals surface area contributed by atoms with E-state index in [1.54, 1.807) is 0 Å². The first-order valence-corrected chi connectivity index (χ1v) is 7.46. The highest BCUT2D eigenvalue weighted by atomic mass is 79.9. The van der Waals surface area contributed by atoms with Crippen molar-refractivity contribution in [3.05, 3.63) is 0 Å². The number of esters is 1. The molecule has 0 heterocycles. The lowest BCUT2D eigenvalue weighted by Gasteiger charge is -2.17. The van der Waals surface area contributed by atoms with Crippen molar-refractivity contribution in [2.45, 2.75) is 30.7 Å². The second kappa shape index (κ2) is 3.08. The summed E-state index contributed by atoms with van der Waals surface area (Å²) in [5.41, 5.74) is 0.354. The van der Waals surface area contributed by atoms with Crippen LogP contribution in [0, 0.1) is 35.0 Å². The Balaban J connectivity index is 1.53. The number of halogens is 1. The molecule has 0 aromatic heterocycles. The topological polar surface area (TPSA) is 46.5 Å². The zero-order valence-corrected chi connectivity index (χ0v) is 11.4. The summed E-state index contributed by atoms with van der Waals surface area (Å²) >= 11 is 3.87. The number of ether oxygens (including phenoxy) is 1. The zero-order valence-electron chi connectivity index (χ0n) is 9.80. The normalized spacial score (nSPS) is 60.8. The highest BCUT2D eigenvalue weighted by Crippen LogP contribution is 2.89. The molecule has 5 saturated carbocycles. The van der Waals surface area contributed by atoms with Crippen LogP contribution in [-0.4, -0.2) is 28.6 Å². The van der Waals surface area contributed by atoms with Gasteiger partial charge in [-0.25, -0.2) is 0 Å². The second-order valence-electron chi connectivity index (χ2n) is 6.28. The van der Waals surface area contributed by atoms with Gasteiger partial charge in [-0.15, -0.1) is 0 Å². The number of alkyl halides is 1. The van der Waals surface area contributed by atoms with Gasteiger partial charge in [-0.1, -0.05) is 15.9 Å². The van der Waals surface area contributed by atoms with Gasteiger partial charge in [0.2, 0.25) is 0 Å². The van der Waals surface area contributed by atoms with E-state index in [0.29, 0.717) is 34.6 Å². The molecule has 4 heteroatoms. The summed E-state index contributed by atoms with van der Waals surface area (Å²) in [7, 11) is 0. The standard InChI is InChI=1S/C13H17BrO3/c1-5(15)17-3-2-13-10-6-4-7(16)9(11(10)13)8(6)12(13)14/h6-12,16H,2-4H2,1H3/t6-,7-,8-,9+,10+,11-,12+,13+/m0/s1. The zero-order chi connectivity index (χ0) is 11.9. The molecule has 0 aromatic carbocycles. The summed E-state index contributed by atoms with van der Waals surface area (Å²) in [6, 6.07) is 0. The molecule has 0 amide bonds. The molecule has 0 aliphatic heterocycles. The Labute approximate surface area is 109 Å². The molecule has 94 valence electrons. The van der Waals surface area contributed by atoms with Crippen molar-refractivity contribution in [3.8, 4) is 0 Å². The molecule has 0 radical (unpaired) electrons. The third-order valence-corrected chi connectivity index (χ3v) is 7.45. The average Bonchev–Trinajstić information content (AvgIpc) is 2.51. The largest absolute Gasteiger partial charge is 0.466 e. The number of hydrogen-bond donors (Lipinski definition) is 1. The van der Waals surface area contributed by atoms with Gasteiger partial charge in [0.15, 0.2) is 0 Å². The fourth-order valence-corrected chi connectivity index (χ4v) is 7.35. The van der Waals surface area contributed by atoms with Crippen molar-refractivity contribution in [3.63, 3.8) is 0 Å². The van der Waals surface area contributed by atoms with E-state index in [9.17, 15) is 9.90 Å². The van der Waals surface area contributed by atoms with Crippen LogP contribution in [0.15, 0.2) is 0 Å². The van der Waals surface area contributed by atoms with Crippen LogP contribution in [0.3, 0.4) is 0 Å². The minimum absolute atomic E-state index is 0.0654. The molecule has 0 unspecified atom stereocenters. The predicted molar refractivity (Wildman–Crippen MR) is 64.5 cm³/mol. The Hall–Kier alpha value is -0.0900. The monoisotopic (exact) mass is 300 g/mol. The molecule has 6 bridgehead atoms. The molecule has 3 nitrogen and oxygen atoms in total. The van der Waals surface area contributed by atoms with Crippen molar-refractivity contribution in [1.82, 2.24) is 0 Å². The van der Waals surface area contributed by atoms with E-state index in [0.717, 1.165) is 24.7 Å². The van der Waals surface area contributed by atoms with Gasteiger partial charge in [0.05, 0.1) is 12.7 Å². The van der Waals surface area contributed by atoms with Crippen molar-refractivity contribution in [1.29, 1.82) is 0 Å². The van der Waals surface area contributed by atoms with Crippen LogP contribution >= 0.6 is 15.9 Å². The fourth-order valence-electron chi connectivity index (χ4n) is 5.76. The van der Waals surface area contributed by atoms with Crippen LogP contribution in [0.2, 0.25) is 0 Å². The van der Waals surface area contributed by atoms with E-state index in [-0.39, 0.29) is 12.1 Å². The summed E-state index contributed by atoms with van der Waals surface area (Å²) in [4.78, 5) is 11.4. The quantitative estimate of drug-likeness (QED) is 0.636. The lowest BCUT2D eigenvalue weighted by atomic mass is 9.98. The molecule has 5 aliphatic rings. The highest BCUT2D eigenvalue weighted by Gasteiger charge is 2.88. The summed E-state index contributed by atoms with van der Waals surface area (Å²) in [6.07, 6.45) is 1.92. The average molecular weight is 301 g/mol. The van der Waals surface area contributed by atoms with Gasteiger partial charge in [0.1, 0.15) is 0 Å². The van der Waals surface area contributed by atoms with Crippen LogP contribution < -0.4 is 0 Å². The SMILES string of the molecule is CC(=O)OCC[C@]12[C@@H]3[C@H]4C[C@H](O)[C@H]([C@H]4[C@H]1Br)[C@@H]32. The molecule has 0 spiro atoms.